The summed E-state index contributed by atoms with van der Waals surface area (Å²) in [6.45, 7) is 9.38. The molecule has 2 unspecified atom stereocenters. The van der Waals surface area contributed by atoms with Crippen molar-refractivity contribution < 1.29 is 4.74 Å². The molecule has 0 radical (unpaired) electrons. The summed E-state index contributed by atoms with van der Waals surface area (Å²) in [7, 11) is 0. The molecule has 2 nitrogen and oxygen atoms in total. The van der Waals surface area contributed by atoms with E-state index in [2.05, 4.69) is 27.7 Å². The second kappa shape index (κ2) is 6.44. The van der Waals surface area contributed by atoms with Crippen LogP contribution in [0.15, 0.2) is 0 Å². The molecule has 0 heterocycles. The normalized spacial score (nSPS) is 16.5. The molecule has 2 heteroatoms. The fourth-order valence-corrected chi connectivity index (χ4v) is 0.945. The third kappa shape index (κ3) is 5.56. The molecule has 74 valence electrons. The fraction of sp³-hybridized carbons (Fsp3) is 1.00. The highest BCUT2D eigenvalue weighted by molar-refractivity contribution is 4.66. The predicted octanol–water partition coefficient (Wildman–Crippen LogP) is 2.17. The number of hydrogen-bond donors (Lipinski definition) is 1. The fourth-order valence-electron chi connectivity index (χ4n) is 0.945. The first-order chi connectivity index (χ1) is 5.57. The first-order valence-electron chi connectivity index (χ1n) is 4.95. The van der Waals surface area contributed by atoms with Gasteiger partial charge in [0.05, 0.1) is 6.10 Å². The van der Waals surface area contributed by atoms with E-state index in [1.54, 1.807) is 0 Å². The van der Waals surface area contributed by atoms with Crippen molar-refractivity contribution in [2.45, 2.75) is 52.7 Å². The molecular weight excluding hydrogens is 150 g/mol. The van der Waals surface area contributed by atoms with Crippen LogP contribution in [0.5, 0.6) is 0 Å². The molecule has 0 spiro atoms. The molecule has 0 bridgehead atoms. The lowest BCUT2D eigenvalue weighted by Gasteiger charge is -2.19. The second-order valence-corrected chi connectivity index (χ2v) is 3.83. The Morgan fingerprint density at radius 1 is 1.25 bits per heavy atom. The van der Waals surface area contributed by atoms with Gasteiger partial charge in [0.25, 0.3) is 0 Å². The van der Waals surface area contributed by atoms with Gasteiger partial charge in [-0.15, -0.1) is 0 Å². The Morgan fingerprint density at radius 2 is 1.83 bits per heavy atom. The number of ether oxygens (including phenoxy) is 1. The average molecular weight is 173 g/mol. The van der Waals surface area contributed by atoms with E-state index >= 15 is 0 Å². The van der Waals surface area contributed by atoms with Gasteiger partial charge in [0.2, 0.25) is 0 Å². The van der Waals surface area contributed by atoms with Gasteiger partial charge in [-0.1, -0.05) is 20.8 Å². The molecule has 0 aliphatic heterocycles. The van der Waals surface area contributed by atoms with Crippen molar-refractivity contribution in [2.24, 2.45) is 11.7 Å². The zero-order valence-electron chi connectivity index (χ0n) is 8.84. The Balaban J connectivity index is 3.37. The number of rotatable bonds is 6. The lowest BCUT2D eigenvalue weighted by Crippen LogP contribution is -2.34. The number of nitrogens with two attached hydrogens (primary N) is 1. The van der Waals surface area contributed by atoms with Gasteiger partial charge in [-0.25, -0.2) is 0 Å². The van der Waals surface area contributed by atoms with Crippen molar-refractivity contribution in [1.82, 2.24) is 0 Å². The van der Waals surface area contributed by atoms with Crippen molar-refractivity contribution in [2.75, 3.05) is 6.61 Å². The van der Waals surface area contributed by atoms with Crippen LogP contribution in [0.4, 0.5) is 0 Å². The first kappa shape index (κ1) is 11.9. The minimum Gasteiger partial charge on any atom is -0.377 e. The first-order valence-corrected chi connectivity index (χ1v) is 4.95. The zero-order valence-corrected chi connectivity index (χ0v) is 8.84. The highest BCUT2D eigenvalue weighted by atomic mass is 16.5. The van der Waals surface area contributed by atoms with Crippen LogP contribution >= 0.6 is 0 Å². The van der Waals surface area contributed by atoms with Gasteiger partial charge in [-0.3, -0.25) is 0 Å². The smallest absolute Gasteiger partial charge is 0.0697 e. The van der Waals surface area contributed by atoms with E-state index in [1.165, 1.54) is 0 Å². The van der Waals surface area contributed by atoms with Crippen LogP contribution in [-0.2, 0) is 4.74 Å². The largest absolute Gasteiger partial charge is 0.377 e. The summed E-state index contributed by atoms with van der Waals surface area (Å²) in [5.74, 6) is 0.718. The van der Waals surface area contributed by atoms with Crippen molar-refractivity contribution in [1.29, 1.82) is 0 Å². The van der Waals surface area contributed by atoms with Crippen molar-refractivity contribution in [3.05, 3.63) is 0 Å². The maximum Gasteiger partial charge on any atom is 0.0697 e. The van der Waals surface area contributed by atoms with Gasteiger partial charge in [-0.2, -0.15) is 0 Å². The van der Waals surface area contributed by atoms with Crippen LogP contribution < -0.4 is 5.73 Å². The summed E-state index contributed by atoms with van der Waals surface area (Å²) < 4.78 is 5.58. The van der Waals surface area contributed by atoms with Crippen molar-refractivity contribution in [3.63, 3.8) is 0 Å². The Kier molecular flexibility index (Phi) is 6.39. The Morgan fingerprint density at radius 3 is 2.25 bits per heavy atom. The quantitative estimate of drug-likeness (QED) is 0.668. The highest BCUT2D eigenvalue weighted by Gasteiger charge is 2.10. The molecule has 2 N–H and O–H groups in total. The van der Waals surface area contributed by atoms with Gasteiger partial charge in [0.1, 0.15) is 0 Å². The van der Waals surface area contributed by atoms with Crippen LogP contribution in [0.2, 0.25) is 0 Å². The summed E-state index contributed by atoms with van der Waals surface area (Å²) >= 11 is 0. The van der Waals surface area contributed by atoms with Gasteiger partial charge in [0.15, 0.2) is 0 Å². The Bertz CT molecular complexity index is 104. The van der Waals surface area contributed by atoms with Gasteiger partial charge < -0.3 is 10.5 Å². The monoisotopic (exact) mass is 173 g/mol. The second-order valence-electron chi connectivity index (χ2n) is 3.83. The summed E-state index contributed by atoms with van der Waals surface area (Å²) in [5.41, 5.74) is 5.81. The maximum atomic E-state index is 5.81. The third-order valence-electron chi connectivity index (χ3n) is 2.15. The summed E-state index contributed by atoms with van der Waals surface area (Å²) in [6, 6.07) is 0.192. The molecule has 0 fully saturated rings. The molecule has 0 aromatic carbocycles. The highest BCUT2D eigenvalue weighted by Crippen LogP contribution is 2.04. The average Bonchev–Trinajstić information content (AvgIpc) is 2.02. The standard InChI is InChI=1S/C10H23NO/c1-5-10(11)9(4)12-7-6-8(2)3/h8-10H,5-7,11H2,1-4H3. The maximum absolute atomic E-state index is 5.81. The van der Waals surface area contributed by atoms with E-state index in [0.29, 0.717) is 0 Å². The minimum absolute atomic E-state index is 0.192. The molecule has 0 aromatic rings. The molecule has 0 saturated carbocycles. The molecule has 0 aliphatic carbocycles. The van der Waals surface area contributed by atoms with E-state index < -0.39 is 0 Å². The summed E-state index contributed by atoms with van der Waals surface area (Å²) in [5, 5.41) is 0. The van der Waals surface area contributed by atoms with Crippen LogP contribution in [0.25, 0.3) is 0 Å². The van der Waals surface area contributed by atoms with Crippen LogP contribution in [0.3, 0.4) is 0 Å². The van der Waals surface area contributed by atoms with E-state index in [4.69, 9.17) is 10.5 Å². The molecule has 0 amide bonds. The Labute approximate surface area is 76.5 Å². The SMILES string of the molecule is CCC(N)C(C)OCCC(C)C. The van der Waals surface area contributed by atoms with E-state index in [1.807, 2.05) is 0 Å². The van der Waals surface area contributed by atoms with Gasteiger partial charge >= 0.3 is 0 Å². The number of hydrogen-bond acceptors (Lipinski definition) is 2. The third-order valence-corrected chi connectivity index (χ3v) is 2.15. The zero-order chi connectivity index (χ0) is 9.56. The molecule has 0 rings (SSSR count). The molecule has 0 saturated heterocycles. The summed E-state index contributed by atoms with van der Waals surface area (Å²) in [4.78, 5) is 0. The van der Waals surface area contributed by atoms with Crippen LogP contribution in [0.1, 0.15) is 40.5 Å². The van der Waals surface area contributed by atoms with Gasteiger partial charge in [-0.05, 0) is 25.7 Å². The Hall–Kier alpha value is -0.0800. The van der Waals surface area contributed by atoms with Crippen molar-refractivity contribution >= 4 is 0 Å². The predicted molar refractivity (Wildman–Crippen MR) is 53.1 cm³/mol. The van der Waals surface area contributed by atoms with Crippen molar-refractivity contribution in [3.8, 4) is 0 Å². The van der Waals surface area contributed by atoms with E-state index in [-0.39, 0.29) is 12.1 Å². The van der Waals surface area contributed by atoms with Crippen LogP contribution in [0, 0.1) is 5.92 Å². The molecule has 12 heavy (non-hydrogen) atoms. The van der Waals surface area contributed by atoms with E-state index in [0.717, 1.165) is 25.4 Å². The van der Waals surface area contributed by atoms with Crippen LogP contribution in [-0.4, -0.2) is 18.8 Å². The lowest BCUT2D eigenvalue weighted by molar-refractivity contribution is 0.0411. The van der Waals surface area contributed by atoms with Gasteiger partial charge in [0, 0.05) is 12.6 Å². The molecule has 2 atom stereocenters. The minimum atomic E-state index is 0.192. The topological polar surface area (TPSA) is 35.2 Å². The molecular formula is C10H23NO. The molecule has 0 aliphatic rings. The molecule has 0 aromatic heterocycles. The summed E-state index contributed by atoms with van der Waals surface area (Å²) in [6.07, 6.45) is 2.32. The van der Waals surface area contributed by atoms with E-state index in [9.17, 15) is 0 Å². The lowest BCUT2D eigenvalue weighted by atomic mass is 10.1.